The van der Waals surface area contributed by atoms with E-state index in [4.69, 9.17) is 5.11 Å². The van der Waals surface area contributed by atoms with E-state index < -0.39 is 5.97 Å². The second-order valence-corrected chi connectivity index (χ2v) is 6.45. The number of imidazole rings is 1. The average molecular weight is 297 g/mol. The van der Waals surface area contributed by atoms with E-state index in [1.807, 2.05) is 6.20 Å². The second kappa shape index (κ2) is 7.13. The van der Waals surface area contributed by atoms with Gasteiger partial charge >= 0.3 is 5.97 Å². The third kappa shape index (κ3) is 3.99. The quantitative estimate of drug-likeness (QED) is 0.782. The number of carbonyl (C=O) groups is 1. The van der Waals surface area contributed by atoms with Gasteiger partial charge in [-0.2, -0.15) is 0 Å². The molecule has 0 unspecified atom stereocenters. The smallest absolute Gasteiger partial charge is 0.313 e. The number of rotatable bonds is 7. The number of hydrogen-bond donors (Lipinski definition) is 1. The van der Waals surface area contributed by atoms with Gasteiger partial charge < -0.3 is 14.6 Å². The molecule has 5 nitrogen and oxygen atoms in total. The zero-order valence-electron chi connectivity index (χ0n) is 12.2. The maximum absolute atomic E-state index is 10.7. The molecule has 1 N–H and O–H groups in total. The third-order valence-electron chi connectivity index (χ3n) is 3.60. The van der Waals surface area contributed by atoms with E-state index in [1.54, 1.807) is 0 Å². The molecule has 1 aliphatic heterocycles. The molecule has 0 amide bonds. The van der Waals surface area contributed by atoms with Crippen LogP contribution >= 0.6 is 11.8 Å². The number of likely N-dealkylation sites (tertiary alicyclic amines) is 1. The molecule has 0 aliphatic carbocycles. The first kappa shape index (κ1) is 15.4. The second-order valence-electron chi connectivity index (χ2n) is 5.50. The molecule has 0 bridgehead atoms. The molecular formula is C14H23N3O2S. The highest BCUT2D eigenvalue weighted by molar-refractivity contribution is 7.99. The van der Waals surface area contributed by atoms with E-state index in [0.717, 1.165) is 18.2 Å². The number of aliphatic carboxylic acids is 1. The van der Waals surface area contributed by atoms with Crippen LogP contribution in [0.3, 0.4) is 0 Å². The Kier molecular flexibility index (Phi) is 5.48. The van der Waals surface area contributed by atoms with Crippen LogP contribution in [0.25, 0.3) is 0 Å². The minimum Gasteiger partial charge on any atom is -0.481 e. The van der Waals surface area contributed by atoms with Gasteiger partial charge in [-0.05, 0) is 31.8 Å². The lowest BCUT2D eigenvalue weighted by Crippen LogP contribution is -2.25. The van der Waals surface area contributed by atoms with Gasteiger partial charge in [0.05, 0.1) is 5.75 Å². The molecule has 1 fully saturated rings. The molecule has 0 atom stereocenters. The van der Waals surface area contributed by atoms with Crippen molar-refractivity contribution in [2.45, 2.75) is 44.3 Å². The van der Waals surface area contributed by atoms with E-state index >= 15 is 0 Å². The summed E-state index contributed by atoms with van der Waals surface area (Å²) in [5.74, 6) is -0.325. The first-order chi connectivity index (χ1) is 9.58. The van der Waals surface area contributed by atoms with E-state index in [9.17, 15) is 4.79 Å². The third-order valence-corrected chi connectivity index (χ3v) is 4.58. The Morgan fingerprint density at radius 1 is 1.40 bits per heavy atom. The van der Waals surface area contributed by atoms with Crippen molar-refractivity contribution in [1.29, 1.82) is 0 Å². The van der Waals surface area contributed by atoms with Gasteiger partial charge in [0.2, 0.25) is 0 Å². The summed E-state index contributed by atoms with van der Waals surface area (Å²) in [5, 5.41) is 9.65. The summed E-state index contributed by atoms with van der Waals surface area (Å²) in [5.41, 5.74) is 1.19. The number of carboxylic acid groups (broad SMARTS) is 1. The van der Waals surface area contributed by atoms with Crippen LogP contribution in [-0.4, -0.2) is 50.9 Å². The highest BCUT2D eigenvalue weighted by Crippen LogP contribution is 2.23. The van der Waals surface area contributed by atoms with E-state index in [2.05, 4.69) is 28.3 Å². The monoisotopic (exact) mass is 297 g/mol. The Morgan fingerprint density at radius 2 is 2.10 bits per heavy atom. The maximum Gasteiger partial charge on any atom is 0.313 e. The fraction of sp³-hybridized carbons (Fsp3) is 0.714. The molecule has 0 aromatic carbocycles. The van der Waals surface area contributed by atoms with Crippen LogP contribution < -0.4 is 0 Å². The zero-order chi connectivity index (χ0) is 14.5. The van der Waals surface area contributed by atoms with Crippen molar-refractivity contribution in [3.8, 4) is 0 Å². The fourth-order valence-corrected chi connectivity index (χ4v) is 3.28. The number of carboxylic acids is 1. The molecule has 20 heavy (non-hydrogen) atoms. The van der Waals surface area contributed by atoms with Crippen LogP contribution in [0.4, 0.5) is 0 Å². The predicted molar refractivity (Wildman–Crippen MR) is 80.3 cm³/mol. The van der Waals surface area contributed by atoms with Crippen molar-refractivity contribution in [3.05, 3.63) is 11.9 Å². The standard InChI is InChI=1S/C14H23N3O2S/c1-11(2)12-9-15-14(20-10-13(18)19)17(12)8-7-16-5-3-4-6-16/h9,11H,3-8,10H2,1-2H3,(H,18,19). The van der Waals surface area contributed by atoms with E-state index in [1.165, 1.54) is 43.4 Å². The van der Waals surface area contributed by atoms with Crippen molar-refractivity contribution >= 4 is 17.7 Å². The first-order valence-corrected chi connectivity index (χ1v) is 8.19. The number of nitrogens with zero attached hydrogens (tertiary/aromatic N) is 3. The Balaban J connectivity index is 2.04. The zero-order valence-corrected chi connectivity index (χ0v) is 13.0. The molecule has 1 aromatic heterocycles. The molecule has 1 saturated heterocycles. The van der Waals surface area contributed by atoms with Gasteiger partial charge in [0.15, 0.2) is 5.16 Å². The Hall–Kier alpha value is -1.01. The summed E-state index contributed by atoms with van der Waals surface area (Å²) in [6.45, 7) is 8.59. The van der Waals surface area contributed by atoms with Gasteiger partial charge in [-0.3, -0.25) is 4.79 Å². The Morgan fingerprint density at radius 3 is 2.70 bits per heavy atom. The molecule has 2 rings (SSSR count). The highest BCUT2D eigenvalue weighted by atomic mass is 32.2. The topological polar surface area (TPSA) is 58.4 Å². The van der Waals surface area contributed by atoms with Gasteiger partial charge in [0.25, 0.3) is 0 Å². The van der Waals surface area contributed by atoms with Gasteiger partial charge in [0.1, 0.15) is 0 Å². The average Bonchev–Trinajstić information content (AvgIpc) is 3.03. The summed E-state index contributed by atoms with van der Waals surface area (Å²) in [6.07, 6.45) is 4.47. The van der Waals surface area contributed by atoms with E-state index in [0.29, 0.717) is 5.92 Å². The van der Waals surface area contributed by atoms with Gasteiger partial charge in [-0.1, -0.05) is 25.6 Å². The van der Waals surface area contributed by atoms with Gasteiger partial charge in [-0.15, -0.1) is 0 Å². The van der Waals surface area contributed by atoms with Gasteiger partial charge in [0, 0.05) is 25.0 Å². The van der Waals surface area contributed by atoms with Crippen LogP contribution in [0.5, 0.6) is 0 Å². The molecule has 1 aromatic rings. The predicted octanol–water partition coefficient (Wildman–Crippen LogP) is 2.28. The van der Waals surface area contributed by atoms with Crippen molar-refractivity contribution < 1.29 is 9.90 Å². The van der Waals surface area contributed by atoms with Gasteiger partial charge in [-0.25, -0.2) is 4.98 Å². The summed E-state index contributed by atoms with van der Waals surface area (Å²) in [4.78, 5) is 17.6. The van der Waals surface area contributed by atoms with Crippen molar-refractivity contribution in [2.75, 3.05) is 25.4 Å². The molecule has 0 saturated carbocycles. The minimum absolute atomic E-state index is 0.0677. The number of aromatic nitrogens is 2. The highest BCUT2D eigenvalue weighted by Gasteiger charge is 2.16. The normalized spacial score (nSPS) is 16.1. The summed E-state index contributed by atoms with van der Waals surface area (Å²) in [7, 11) is 0. The lowest BCUT2D eigenvalue weighted by atomic mass is 10.1. The SMILES string of the molecule is CC(C)c1cnc(SCC(=O)O)n1CCN1CCCC1. The van der Waals surface area contributed by atoms with Crippen molar-refractivity contribution in [1.82, 2.24) is 14.5 Å². The number of thioether (sulfide) groups is 1. The fourth-order valence-electron chi connectivity index (χ4n) is 2.55. The first-order valence-electron chi connectivity index (χ1n) is 7.20. The van der Waals surface area contributed by atoms with Crippen LogP contribution in [0.1, 0.15) is 38.3 Å². The van der Waals surface area contributed by atoms with Crippen LogP contribution in [0.15, 0.2) is 11.4 Å². The summed E-state index contributed by atoms with van der Waals surface area (Å²) in [6, 6.07) is 0. The van der Waals surface area contributed by atoms with Crippen molar-refractivity contribution in [2.24, 2.45) is 0 Å². The largest absolute Gasteiger partial charge is 0.481 e. The Bertz CT molecular complexity index is 453. The number of hydrogen-bond acceptors (Lipinski definition) is 4. The van der Waals surface area contributed by atoms with Crippen LogP contribution in [0.2, 0.25) is 0 Å². The maximum atomic E-state index is 10.7. The molecule has 2 heterocycles. The van der Waals surface area contributed by atoms with Crippen LogP contribution in [0, 0.1) is 0 Å². The summed E-state index contributed by atoms with van der Waals surface area (Å²) >= 11 is 1.31. The van der Waals surface area contributed by atoms with Crippen LogP contribution in [-0.2, 0) is 11.3 Å². The molecule has 6 heteroatoms. The molecule has 1 aliphatic rings. The minimum atomic E-state index is -0.796. The molecule has 0 spiro atoms. The lowest BCUT2D eigenvalue weighted by Gasteiger charge is -2.18. The molecule has 112 valence electrons. The lowest BCUT2D eigenvalue weighted by molar-refractivity contribution is -0.133. The summed E-state index contributed by atoms with van der Waals surface area (Å²) < 4.78 is 2.19. The Labute approximate surface area is 124 Å². The van der Waals surface area contributed by atoms with Crippen molar-refractivity contribution in [3.63, 3.8) is 0 Å². The molecule has 0 radical (unpaired) electrons. The van der Waals surface area contributed by atoms with E-state index in [-0.39, 0.29) is 5.75 Å². The molecular weight excluding hydrogens is 274 g/mol.